The van der Waals surface area contributed by atoms with E-state index in [1.54, 1.807) is 12.1 Å². The second-order valence-corrected chi connectivity index (χ2v) is 10.7. The molecule has 4 rings (SSSR count). The molecule has 1 aromatic heterocycles. The van der Waals surface area contributed by atoms with Gasteiger partial charge in [0.25, 0.3) is 0 Å². The molecule has 30 heavy (non-hydrogen) atoms. The lowest BCUT2D eigenvalue weighted by atomic mass is 9.99. The Morgan fingerprint density at radius 3 is 2.43 bits per heavy atom. The zero-order valence-corrected chi connectivity index (χ0v) is 18.6. The summed E-state index contributed by atoms with van der Waals surface area (Å²) in [5.74, 6) is -0.155. The highest BCUT2D eigenvalue weighted by Crippen LogP contribution is 2.43. The monoisotopic (exact) mass is 439 g/mol. The SMILES string of the molecule is Cc1ccc(S(=O)(=O)c2c(NC(=O)CCc3ccccc3)sc3c2CCCC3)cc1. The Morgan fingerprint density at radius 1 is 1.00 bits per heavy atom. The van der Waals surface area contributed by atoms with E-state index in [4.69, 9.17) is 0 Å². The molecule has 0 fully saturated rings. The summed E-state index contributed by atoms with van der Waals surface area (Å²) in [6.45, 7) is 1.93. The predicted octanol–water partition coefficient (Wildman–Crippen LogP) is 5.34. The molecule has 1 heterocycles. The zero-order valence-electron chi connectivity index (χ0n) is 17.0. The molecule has 156 valence electrons. The minimum absolute atomic E-state index is 0.155. The number of anilines is 1. The Morgan fingerprint density at radius 2 is 1.70 bits per heavy atom. The summed E-state index contributed by atoms with van der Waals surface area (Å²) in [5, 5.41) is 3.40. The smallest absolute Gasteiger partial charge is 0.225 e. The van der Waals surface area contributed by atoms with E-state index >= 15 is 0 Å². The summed E-state index contributed by atoms with van der Waals surface area (Å²) >= 11 is 1.43. The number of sulfone groups is 1. The van der Waals surface area contributed by atoms with Gasteiger partial charge in [0.1, 0.15) is 9.90 Å². The quantitative estimate of drug-likeness (QED) is 0.564. The molecule has 0 atom stereocenters. The van der Waals surface area contributed by atoms with Crippen molar-refractivity contribution < 1.29 is 13.2 Å². The van der Waals surface area contributed by atoms with Gasteiger partial charge in [0, 0.05) is 11.3 Å². The van der Waals surface area contributed by atoms with Crippen LogP contribution in [0.1, 0.15) is 40.8 Å². The fourth-order valence-electron chi connectivity index (χ4n) is 3.83. The van der Waals surface area contributed by atoms with Gasteiger partial charge >= 0.3 is 0 Å². The van der Waals surface area contributed by atoms with E-state index < -0.39 is 9.84 Å². The molecule has 0 spiro atoms. The molecule has 0 unspecified atom stereocenters. The zero-order chi connectivity index (χ0) is 21.1. The van der Waals surface area contributed by atoms with Crippen molar-refractivity contribution in [2.75, 3.05) is 5.32 Å². The summed E-state index contributed by atoms with van der Waals surface area (Å²) in [5.41, 5.74) is 2.99. The van der Waals surface area contributed by atoms with Gasteiger partial charge in [0.05, 0.1) is 4.90 Å². The van der Waals surface area contributed by atoms with Crippen LogP contribution in [-0.4, -0.2) is 14.3 Å². The van der Waals surface area contributed by atoms with Crippen LogP contribution in [0.5, 0.6) is 0 Å². The summed E-state index contributed by atoms with van der Waals surface area (Å²) in [4.78, 5) is 14.3. The number of thiophene rings is 1. The van der Waals surface area contributed by atoms with Crippen LogP contribution in [0.3, 0.4) is 0 Å². The molecule has 6 heteroatoms. The Balaban J connectivity index is 1.64. The Labute approximate surface area is 181 Å². The van der Waals surface area contributed by atoms with Crippen LogP contribution in [0.25, 0.3) is 0 Å². The van der Waals surface area contributed by atoms with Gasteiger partial charge < -0.3 is 5.32 Å². The normalized spacial score (nSPS) is 13.6. The lowest BCUT2D eigenvalue weighted by molar-refractivity contribution is -0.116. The molecule has 0 saturated heterocycles. The molecule has 0 saturated carbocycles. The van der Waals surface area contributed by atoms with E-state index in [9.17, 15) is 13.2 Å². The van der Waals surface area contributed by atoms with Gasteiger partial charge in [0.15, 0.2) is 0 Å². The number of amides is 1. The van der Waals surface area contributed by atoms with Crippen molar-refractivity contribution in [3.8, 4) is 0 Å². The molecular formula is C24H25NO3S2. The molecule has 1 amide bonds. The second-order valence-electron chi connectivity index (χ2n) is 7.72. The summed E-state index contributed by atoms with van der Waals surface area (Å²) in [6, 6.07) is 16.8. The van der Waals surface area contributed by atoms with Crippen LogP contribution < -0.4 is 5.32 Å². The van der Waals surface area contributed by atoms with Crippen molar-refractivity contribution in [1.82, 2.24) is 0 Å². The minimum Gasteiger partial charge on any atom is -0.317 e. The van der Waals surface area contributed by atoms with Crippen LogP contribution in [0, 0.1) is 6.92 Å². The largest absolute Gasteiger partial charge is 0.317 e. The number of carbonyl (C=O) groups excluding carboxylic acids is 1. The first kappa shape index (κ1) is 20.8. The molecule has 0 aliphatic heterocycles. The van der Waals surface area contributed by atoms with Crippen molar-refractivity contribution in [2.45, 2.75) is 55.2 Å². The van der Waals surface area contributed by atoms with Crippen molar-refractivity contribution in [1.29, 1.82) is 0 Å². The number of aryl methyl sites for hydroxylation is 3. The standard InChI is InChI=1S/C24H25NO3S2/c1-17-11-14-19(15-12-17)30(27,28)23-20-9-5-6-10-21(20)29-24(23)25-22(26)16-13-18-7-3-2-4-8-18/h2-4,7-8,11-12,14-15H,5-6,9-10,13,16H2,1H3,(H,25,26). The highest BCUT2D eigenvalue weighted by Gasteiger charge is 2.31. The van der Waals surface area contributed by atoms with Gasteiger partial charge in [-0.1, -0.05) is 48.0 Å². The Bertz CT molecular complexity index is 1150. The molecule has 1 aliphatic rings. The van der Waals surface area contributed by atoms with Crippen LogP contribution in [-0.2, 0) is 33.9 Å². The first-order chi connectivity index (χ1) is 14.4. The summed E-state index contributed by atoms with van der Waals surface area (Å²) in [6.07, 6.45) is 4.58. The third-order valence-corrected chi connectivity index (χ3v) is 8.68. The molecule has 0 radical (unpaired) electrons. The van der Waals surface area contributed by atoms with Gasteiger partial charge in [-0.3, -0.25) is 4.79 Å². The first-order valence-electron chi connectivity index (χ1n) is 10.3. The van der Waals surface area contributed by atoms with E-state index in [1.165, 1.54) is 11.3 Å². The highest BCUT2D eigenvalue weighted by atomic mass is 32.2. The summed E-state index contributed by atoms with van der Waals surface area (Å²) in [7, 11) is -3.70. The molecule has 3 aromatic rings. The molecule has 4 nitrogen and oxygen atoms in total. The van der Waals surface area contributed by atoms with Crippen molar-refractivity contribution in [2.24, 2.45) is 0 Å². The number of fused-ring (bicyclic) bond motifs is 1. The van der Waals surface area contributed by atoms with E-state index in [2.05, 4.69) is 5.32 Å². The van der Waals surface area contributed by atoms with E-state index in [0.29, 0.717) is 22.7 Å². The van der Waals surface area contributed by atoms with Crippen LogP contribution >= 0.6 is 11.3 Å². The number of nitrogens with one attached hydrogen (secondary N) is 1. The van der Waals surface area contributed by atoms with Gasteiger partial charge in [-0.25, -0.2) is 8.42 Å². The average Bonchev–Trinajstić information content (AvgIpc) is 3.12. The molecule has 1 aliphatic carbocycles. The predicted molar refractivity (Wildman–Crippen MR) is 121 cm³/mol. The molecule has 0 bridgehead atoms. The van der Waals surface area contributed by atoms with Gasteiger partial charge in [-0.15, -0.1) is 11.3 Å². The van der Waals surface area contributed by atoms with Gasteiger partial charge in [-0.2, -0.15) is 0 Å². The van der Waals surface area contributed by atoms with Crippen LogP contribution in [0.4, 0.5) is 5.00 Å². The average molecular weight is 440 g/mol. The first-order valence-corrected chi connectivity index (χ1v) is 12.5. The maximum atomic E-state index is 13.5. The second kappa shape index (κ2) is 8.74. The number of carbonyl (C=O) groups is 1. The van der Waals surface area contributed by atoms with Crippen LogP contribution in [0.15, 0.2) is 64.4 Å². The van der Waals surface area contributed by atoms with Gasteiger partial charge in [0.2, 0.25) is 15.7 Å². The highest BCUT2D eigenvalue weighted by molar-refractivity contribution is 7.92. The number of hydrogen-bond acceptors (Lipinski definition) is 4. The Hall–Kier alpha value is -2.44. The number of benzene rings is 2. The van der Waals surface area contributed by atoms with Gasteiger partial charge in [-0.05, 0) is 62.3 Å². The van der Waals surface area contributed by atoms with E-state index in [0.717, 1.165) is 47.3 Å². The fraction of sp³-hybridized carbons (Fsp3) is 0.292. The fourth-order valence-corrected chi connectivity index (χ4v) is 7.12. The van der Waals surface area contributed by atoms with E-state index in [-0.39, 0.29) is 10.8 Å². The summed E-state index contributed by atoms with van der Waals surface area (Å²) < 4.78 is 27.0. The maximum absolute atomic E-state index is 13.5. The maximum Gasteiger partial charge on any atom is 0.225 e. The molecular weight excluding hydrogens is 414 g/mol. The van der Waals surface area contributed by atoms with Crippen molar-refractivity contribution in [3.63, 3.8) is 0 Å². The molecule has 2 aromatic carbocycles. The lowest BCUT2D eigenvalue weighted by Gasteiger charge is -2.14. The third-order valence-electron chi connectivity index (χ3n) is 5.46. The molecule has 1 N–H and O–H groups in total. The van der Waals surface area contributed by atoms with E-state index in [1.807, 2.05) is 49.4 Å². The van der Waals surface area contributed by atoms with Crippen LogP contribution in [0.2, 0.25) is 0 Å². The Kier molecular flexibility index (Phi) is 6.06. The van der Waals surface area contributed by atoms with Crippen molar-refractivity contribution in [3.05, 3.63) is 76.2 Å². The minimum atomic E-state index is -3.70. The number of rotatable bonds is 6. The third kappa shape index (κ3) is 4.35. The topological polar surface area (TPSA) is 63.2 Å². The number of hydrogen-bond donors (Lipinski definition) is 1. The van der Waals surface area contributed by atoms with Crippen molar-refractivity contribution >= 4 is 32.1 Å². The lowest BCUT2D eigenvalue weighted by Crippen LogP contribution is -2.15.